The van der Waals surface area contributed by atoms with Gasteiger partial charge in [-0.3, -0.25) is 0 Å². The zero-order chi connectivity index (χ0) is 16.1. The minimum absolute atomic E-state index is 0.116. The van der Waals surface area contributed by atoms with Crippen LogP contribution in [0.15, 0.2) is 29.2 Å². The highest BCUT2D eigenvalue weighted by atomic mass is 32.2. The topological polar surface area (TPSA) is 92.3 Å². The molecule has 1 rings (SSSR count). The number of rotatable bonds is 8. The van der Waals surface area contributed by atoms with Crippen LogP contribution in [0.1, 0.15) is 20.3 Å². The Labute approximate surface area is 126 Å². The average molecular weight is 334 g/mol. The second-order valence-electron chi connectivity index (χ2n) is 5.07. The molecule has 1 aromatic carbocycles. The Morgan fingerprint density at radius 1 is 1.10 bits per heavy atom. The van der Waals surface area contributed by atoms with E-state index in [1.54, 1.807) is 12.1 Å². The number of sulfone groups is 1. The van der Waals surface area contributed by atoms with Gasteiger partial charge in [0.15, 0.2) is 0 Å². The summed E-state index contributed by atoms with van der Waals surface area (Å²) in [6.07, 6.45) is 2.05. The van der Waals surface area contributed by atoms with Gasteiger partial charge >= 0.3 is 0 Å². The molecule has 0 aliphatic heterocycles. The van der Waals surface area contributed by atoms with Gasteiger partial charge in [-0.15, -0.1) is 0 Å². The van der Waals surface area contributed by atoms with Crippen LogP contribution in [0.5, 0.6) is 0 Å². The van der Waals surface area contributed by atoms with Crippen LogP contribution in [0.2, 0.25) is 0 Å². The molecule has 6 nitrogen and oxygen atoms in total. The summed E-state index contributed by atoms with van der Waals surface area (Å²) >= 11 is 0. The van der Waals surface area contributed by atoms with Gasteiger partial charge in [-0.25, -0.2) is 21.6 Å². The van der Waals surface area contributed by atoms with Crippen LogP contribution in [0.25, 0.3) is 0 Å². The molecule has 0 aromatic heterocycles. The molecule has 0 heterocycles. The SMILES string of the molecule is CCCNc1ccc(S(=O)(=O)NC(C)CS(C)(=O)=O)cc1. The number of nitrogens with one attached hydrogen (secondary N) is 2. The lowest BCUT2D eigenvalue weighted by Gasteiger charge is -2.13. The van der Waals surface area contributed by atoms with Gasteiger partial charge in [-0.1, -0.05) is 6.92 Å². The smallest absolute Gasteiger partial charge is 0.240 e. The van der Waals surface area contributed by atoms with Crippen LogP contribution in [0, 0.1) is 0 Å². The molecule has 1 unspecified atom stereocenters. The first-order valence-corrected chi connectivity index (χ1v) is 10.2. The predicted molar refractivity (Wildman–Crippen MR) is 84.7 cm³/mol. The number of anilines is 1. The maximum atomic E-state index is 12.1. The lowest BCUT2D eigenvalue weighted by atomic mass is 10.3. The van der Waals surface area contributed by atoms with E-state index in [1.165, 1.54) is 19.1 Å². The summed E-state index contributed by atoms with van der Waals surface area (Å²) in [5.74, 6) is -0.234. The van der Waals surface area contributed by atoms with Crippen LogP contribution in [-0.4, -0.2) is 41.4 Å². The van der Waals surface area contributed by atoms with Gasteiger partial charge in [0.25, 0.3) is 0 Å². The highest BCUT2D eigenvalue weighted by molar-refractivity contribution is 7.91. The van der Waals surface area contributed by atoms with Crippen LogP contribution >= 0.6 is 0 Å². The number of sulfonamides is 1. The van der Waals surface area contributed by atoms with Gasteiger partial charge in [-0.05, 0) is 37.6 Å². The molecule has 1 atom stereocenters. The van der Waals surface area contributed by atoms with E-state index in [4.69, 9.17) is 0 Å². The van der Waals surface area contributed by atoms with E-state index in [1.807, 2.05) is 6.92 Å². The Morgan fingerprint density at radius 2 is 1.67 bits per heavy atom. The molecule has 21 heavy (non-hydrogen) atoms. The lowest BCUT2D eigenvalue weighted by molar-refractivity contribution is 0.564. The summed E-state index contributed by atoms with van der Waals surface area (Å²) in [6.45, 7) is 4.38. The molecule has 0 amide bonds. The third-order valence-electron chi connectivity index (χ3n) is 2.65. The van der Waals surface area contributed by atoms with E-state index >= 15 is 0 Å². The second kappa shape index (κ2) is 7.24. The molecule has 0 spiro atoms. The van der Waals surface area contributed by atoms with Crippen molar-refractivity contribution in [1.29, 1.82) is 0 Å². The van der Waals surface area contributed by atoms with Gasteiger partial charge in [0.05, 0.1) is 10.6 Å². The van der Waals surface area contributed by atoms with Crippen LogP contribution in [0.3, 0.4) is 0 Å². The molecule has 0 fully saturated rings. The van der Waals surface area contributed by atoms with Crippen molar-refractivity contribution in [2.75, 3.05) is 23.9 Å². The Hall–Kier alpha value is -1.12. The minimum Gasteiger partial charge on any atom is -0.385 e. The molecule has 2 N–H and O–H groups in total. The van der Waals surface area contributed by atoms with Crippen molar-refractivity contribution < 1.29 is 16.8 Å². The maximum absolute atomic E-state index is 12.1. The molecule has 8 heteroatoms. The molecule has 0 bridgehead atoms. The van der Waals surface area contributed by atoms with Crippen LogP contribution in [0.4, 0.5) is 5.69 Å². The maximum Gasteiger partial charge on any atom is 0.240 e. The van der Waals surface area contributed by atoms with E-state index in [2.05, 4.69) is 10.0 Å². The largest absolute Gasteiger partial charge is 0.385 e. The summed E-state index contributed by atoms with van der Waals surface area (Å²) in [6, 6.07) is 5.68. The Balaban J connectivity index is 2.78. The van der Waals surface area contributed by atoms with Crippen molar-refractivity contribution in [3.8, 4) is 0 Å². The van der Waals surface area contributed by atoms with Crippen molar-refractivity contribution in [3.63, 3.8) is 0 Å². The van der Waals surface area contributed by atoms with Crippen molar-refractivity contribution in [3.05, 3.63) is 24.3 Å². The summed E-state index contributed by atoms with van der Waals surface area (Å²) in [4.78, 5) is 0.116. The second-order valence-corrected chi connectivity index (χ2v) is 8.96. The molecule has 1 aromatic rings. The van der Waals surface area contributed by atoms with E-state index < -0.39 is 25.9 Å². The monoisotopic (exact) mass is 334 g/mol. The number of hydrogen-bond acceptors (Lipinski definition) is 5. The molecular formula is C13H22N2O4S2. The fraction of sp³-hybridized carbons (Fsp3) is 0.538. The number of hydrogen-bond donors (Lipinski definition) is 2. The predicted octanol–water partition coefficient (Wildman–Crippen LogP) is 1.22. The van der Waals surface area contributed by atoms with Gasteiger partial charge in [0, 0.05) is 24.5 Å². The molecule has 0 radical (unpaired) electrons. The summed E-state index contributed by atoms with van der Waals surface area (Å²) in [7, 11) is -6.94. The summed E-state index contributed by atoms with van der Waals surface area (Å²) in [5, 5.41) is 3.15. The van der Waals surface area contributed by atoms with Gasteiger partial charge in [0.2, 0.25) is 10.0 Å². The fourth-order valence-electron chi connectivity index (χ4n) is 1.84. The van der Waals surface area contributed by atoms with Gasteiger partial charge < -0.3 is 5.32 Å². The summed E-state index contributed by atoms with van der Waals surface area (Å²) < 4.78 is 49.0. The third-order valence-corrected chi connectivity index (χ3v) is 5.36. The highest BCUT2D eigenvalue weighted by Gasteiger charge is 2.19. The molecule has 120 valence electrons. The normalized spacial score (nSPS) is 13.9. The zero-order valence-electron chi connectivity index (χ0n) is 12.5. The van der Waals surface area contributed by atoms with Crippen LogP contribution in [-0.2, 0) is 19.9 Å². The molecule has 0 aliphatic rings. The zero-order valence-corrected chi connectivity index (χ0v) is 14.1. The highest BCUT2D eigenvalue weighted by Crippen LogP contribution is 2.14. The standard InChI is InChI=1S/C13H22N2O4S2/c1-4-9-14-12-5-7-13(8-6-12)21(18,19)15-11(2)10-20(3,16)17/h5-8,11,14-15H,4,9-10H2,1-3H3. The van der Waals surface area contributed by atoms with E-state index in [9.17, 15) is 16.8 Å². The number of benzene rings is 1. The van der Waals surface area contributed by atoms with Crippen molar-refractivity contribution in [2.45, 2.75) is 31.2 Å². The van der Waals surface area contributed by atoms with E-state index in [0.717, 1.165) is 24.9 Å². The first-order valence-electron chi connectivity index (χ1n) is 6.68. The molecule has 0 aliphatic carbocycles. The van der Waals surface area contributed by atoms with Gasteiger partial charge in [-0.2, -0.15) is 0 Å². The van der Waals surface area contributed by atoms with Crippen LogP contribution < -0.4 is 10.0 Å². The Morgan fingerprint density at radius 3 is 2.14 bits per heavy atom. The quantitative estimate of drug-likeness (QED) is 0.746. The first-order chi connectivity index (χ1) is 9.64. The fourth-order valence-corrected chi connectivity index (χ4v) is 4.18. The third kappa shape index (κ3) is 6.45. The average Bonchev–Trinajstić information content (AvgIpc) is 2.33. The first kappa shape index (κ1) is 17.9. The Kier molecular flexibility index (Phi) is 6.18. The van der Waals surface area contributed by atoms with Gasteiger partial charge in [0.1, 0.15) is 9.84 Å². The summed E-state index contributed by atoms with van der Waals surface area (Å²) in [5.41, 5.74) is 0.847. The van der Waals surface area contributed by atoms with E-state index in [0.29, 0.717) is 0 Å². The Bertz CT molecular complexity index is 652. The minimum atomic E-state index is -3.71. The molecule has 0 saturated heterocycles. The van der Waals surface area contributed by atoms with Crippen molar-refractivity contribution in [2.24, 2.45) is 0 Å². The lowest BCUT2D eigenvalue weighted by Crippen LogP contribution is -2.37. The van der Waals surface area contributed by atoms with Crippen molar-refractivity contribution >= 4 is 25.5 Å². The molecule has 0 saturated carbocycles. The van der Waals surface area contributed by atoms with Crippen molar-refractivity contribution in [1.82, 2.24) is 4.72 Å². The molecular weight excluding hydrogens is 312 g/mol. The van der Waals surface area contributed by atoms with E-state index in [-0.39, 0.29) is 10.6 Å².